The van der Waals surface area contributed by atoms with Gasteiger partial charge in [-0.3, -0.25) is 4.79 Å². The lowest BCUT2D eigenvalue weighted by molar-refractivity contribution is -0.118. The van der Waals surface area contributed by atoms with Crippen LogP contribution in [-0.2, 0) is 4.79 Å². The third-order valence-corrected chi connectivity index (χ3v) is 3.72. The molecule has 1 aromatic rings. The Hall–Kier alpha value is -1.82. The third-order valence-electron chi connectivity index (χ3n) is 2.58. The van der Waals surface area contributed by atoms with Crippen molar-refractivity contribution >= 4 is 29.1 Å². The molecule has 2 N–H and O–H groups in total. The number of hydrogen-bond donors (Lipinski definition) is 2. The predicted octanol–water partition coefficient (Wildman–Crippen LogP) is 2.11. The van der Waals surface area contributed by atoms with Crippen molar-refractivity contribution in [1.82, 2.24) is 5.32 Å². The molecule has 5 nitrogen and oxygen atoms in total. The van der Waals surface area contributed by atoms with E-state index >= 15 is 0 Å². The Morgan fingerprint density at radius 1 is 1.42 bits per heavy atom. The third kappa shape index (κ3) is 3.82. The normalized spacial score (nSPS) is 21.2. The Labute approximate surface area is 115 Å². The molecule has 1 aliphatic rings. The van der Waals surface area contributed by atoms with Crippen LogP contribution in [0.2, 0.25) is 0 Å². The van der Waals surface area contributed by atoms with Gasteiger partial charge in [-0.1, -0.05) is 25.1 Å². The van der Waals surface area contributed by atoms with Gasteiger partial charge < -0.3 is 10.4 Å². The van der Waals surface area contributed by atoms with Gasteiger partial charge in [-0.05, 0) is 36.2 Å². The number of nitrogens with zero attached hydrogens (tertiary/aromatic N) is 2. The minimum absolute atomic E-state index is 0.00503. The number of phenols is 1. The first-order chi connectivity index (χ1) is 9.19. The lowest BCUT2D eigenvalue weighted by Gasteiger charge is -1.99. The first kappa shape index (κ1) is 13.6. The minimum Gasteiger partial charge on any atom is -0.508 e. The molecule has 1 atom stereocenters. The fourth-order valence-electron chi connectivity index (χ4n) is 1.61. The molecule has 0 radical (unpaired) electrons. The van der Waals surface area contributed by atoms with E-state index in [1.807, 2.05) is 6.92 Å². The van der Waals surface area contributed by atoms with E-state index < -0.39 is 0 Å². The highest BCUT2D eigenvalue weighted by Gasteiger charge is 2.29. The molecule has 100 valence electrons. The van der Waals surface area contributed by atoms with Crippen molar-refractivity contribution < 1.29 is 9.90 Å². The zero-order valence-corrected chi connectivity index (χ0v) is 11.4. The van der Waals surface area contributed by atoms with E-state index in [0.29, 0.717) is 5.17 Å². The van der Waals surface area contributed by atoms with Crippen LogP contribution >= 0.6 is 11.8 Å². The molecule has 2 rings (SSSR count). The molecule has 0 aliphatic carbocycles. The Balaban J connectivity index is 1.96. The van der Waals surface area contributed by atoms with Crippen LogP contribution in [0.15, 0.2) is 34.5 Å². The van der Waals surface area contributed by atoms with Crippen molar-refractivity contribution in [3.05, 3.63) is 29.8 Å². The Morgan fingerprint density at radius 2 is 2.16 bits per heavy atom. The number of phenolic OH excluding ortho intramolecular Hbond substituents is 1. The number of thioether (sulfide) groups is 1. The van der Waals surface area contributed by atoms with Crippen LogP contribution in [0.1, 0.15) is 25.3 Å². The zero-order valence-electron chi connectivity index (χ0n) is 10.5. The summed E-state index contributed by atoms with van der Waals surface area (Å²) < 4.78 is 0. The Bertz CT molecular complexity index is 511. The van der Waals surface area contributed by atoms with E-state index in [9.17, 15) is 4.79 Å². The van der Waals surface area contributed by atoms with Gasteiger partial charge in [0.25, 0.3) is 0 Å². The average Bonchev–Trinajstić information content (AvgIpc) is 2.73. The van der Waals surface area contributed by atoms with Gasteiger partial charge in [0.15, 0.2) is 5.17 Å². The van der Waals surface area contributed by atoms with Gasteiger partial charge in [-0.2, -0.15) is 5.10 Å². The number of amidine groups is 1. The standard InChI is InChI=1S/C13H15N3O2S/c1-2-3-11-12(18)15-13(19-11)16-14-8-9-4-6-10(17)7-5-9/h4-8,11,17H,2-3H2,1H3,(H,15,16,18)/b14-8+/t11-/m0/s1. The smallest absolute Gasteiger partial charge is 0.239 e. The maximum absolute atomic E-state index is 11.6. The summed E-state index contributed by atoms with van der Waals surface area (Å²) in [5, 5.41) is 20.2. The Kier molecular flexibility index (Phi) is 4.57. The molecule has 0 saturated carbocycles. The fraction of sp³-hybridized carbons (Fsp3) is 0.308. The maximum atomic E-state index is 11.6. The van der Waals surface area contributed by atoms with Crippen LogP contribution in [0.5, 0.6) is 5.75 Å². The summed E-state index contributed by atoms with van der Waals surface area (Å²) in [5.41, 5.74) is 0.835. The molecule has 1 fully saturated rings. The van der Waals surface area contributed by atoms with Crippen molar-refractivity contribution in [3.8, 4) is 5.75 Å². The van der Waals surface area contributed by atoms with Crippen LogP contribution < -0.4 is 5.32 Å². The summed E-state index contributed by atoms with van der Waals surface area (Å²) in [4.78, 5) is 11.6. The van der Waals surface area contributed by atoms with Crippen molar-refractivity contribution in [3.63, 3.8) is 0 Å². The number of rotatable bonds is 4. The van der Waals surface area contributed by atoms with E-state index in [4.69, 9.17) is 5.11 Å². The quantitative estimate of drug-likeness (QED) is 0.654. The van der Waals surface area contributed by atoms with Gasteiger partial charge >= 0.3 is 0 Å². The van der Waals surface area contributed by atoms with Gasteiger partial charge in [-0.15, -0.1) is 5.10 Å². The molecule has 19 heavy (non-hydrogen) atoms. The largest absolute Gasteiger partial charge is 0.508 e. The first-order valence-corrected chi connectivity index (χ1v) is 6.94. The van der Waals surface area contributed by atoms with Crippen molar-refractivity contribution in [2.75, 3.05) is 0 Å². The van der Waals surface area contributed by atoms with Crippen LogP contribution in [0.3, 0.4) is 0 Å². The lowest BCUT2D eigenvalue weighted by Crippen LogP contribution is -2.24. The molecule has 1 heterocycles. The fourth-order valence-corrected chi connectivity index (χ4v) is 2.66. The molecule has 0 unspecified atom stereocenters. The van der Waals surface area contributed by atoms with Crippen LogP contribution in [0.4, 0.5) is 0 Å². The summed E-state index contributed by atoms with van der Waals surface area (Å²) in [6, 6.07) is 6.63. The summed E-state index contributed by atoms with van der Waals surface area (Å²) in [6.07, 6.45) is 3.39. The highest BCUT2D eigenvalue weighted by atomic mass is 32.2. The highest BCUT2D eigenvalue weighted by molar-refractivity contribution is 8.15. The van der Waals surface area contributed by atoms with E-state index in [1.54, 1.807) is 30.5 Å². The SMILES string of the molecule is CCC[C@@H]1S/C(=N\N=C\c2ccc(O)cc2)NC1=O. The number of aromatic hydroxyl groups is 1. The van der Waals surface area contributed by atoms with Crippen LogP contribution in [0, 0.1) is 0 Å². The van der Waals surface area contributed by atoms with E-state index in [2.05, 4.69) is 15.5 Å². The molecular weight excluding hydrogens is 262 g/mol. The number of benzene rings is 1. The van der Waals surface area contributed by atoms with Gasteiger partial charge in [0.1, 0.15) is 5.75 Å². The average molecular weight is 277 g/mol. The summed E-state index contributed by atoms with van der Waals surface area (Å²) in [7, 11) is 0. The van der Waals surface area contributed by atoms with Gasteiger partial charge in [0.2, 0.25) is 5.91 Å². The van der Waals surface area contributed by atoms with Gasteiger partial charge in [0, 0.05) is 0 Å². The number of nitrogens with one attached hydrogen (secondary N) is 1. The molecule has 1 amide bonds. The number of amides is 1. The second-order valence-corrected chi connectivity index (χ2v) is 5.32. The molecule has 1 aromatic carbocycles. The van der Waals surface area contributed by atoms with Gasteiger partial charge in [-0.25, -0.2) is 0 Å². The van der Waals surface area contributed by atoms with Gasteiger partial charge in [0.05, 0.1) is 11.5 Å². The second-order valence-electron chi connectivity index (χ2n) is 4.13. The highest BCUT2D eigenvalue weighted by Crippen LogP contribution is 2.23. The monoisotopic (exact) mass is 277 g/mol. The maximum Gasteiger partial charge on any atom is 0.239 e. The van der Waals surface area contributed by atoms with Crippen LogP contribution in [-0.4, -0.2) is 27.6 Å². The molecule has 6 heteroatoms. The molecule has 0 aromatic heterocycles. The van der Waals surface area contributed by atoms with Crippen molar-refractivity contribution in [1.29, 1.82) is 0 Å². The minimum atomic E-state index is -0.0485. The summed E-state index contributed by atoms with van der Waals surface area (Å²) in [6.45, 7) is 2.05. The molecule has 0 spiro atoms. The molecule has 1 aliphatic heterocycles. The topological polar surface area (TPSA) is 74.1 Å². The summed E-state index contributed by atoms with van der Waals surface area (Å²) in [5.74, 6) is 0.218. The zero-order chi connectivity index (χ0) is 13.7. The van der Waals surface area contributed by atoms with Crippen molar-refractivity contribution in [2.45, 2.75) is 25.0 Å². The number of carbonyl (C=O) groups excluding carboxylic acids is 1. The lowest BCUT2D eigenvalue weighted by atomic mass is 10.2. The van der Waals surface area contributed by atoms with Crippen LogP contribution in [0.25, 0.3) is 0 Å². The Morgan fingerprint density at radius 3 is 2.84 bits per heavy atom. The molecular formula is C13H15N3O2S. The van der Waals surface area contributed by atoms with E-state index in [0.717, 1.165) is 18.4 Å². The van der Waals surface area contributed by atoms with E-state index in [1.165, 1.54) is 11.8 Å². The molecule has 0 bridgehead atoms. The predicted molar refractivity (Wildman–Crippen MR) is 77.6 cm³/mol. The first-order valence-electron chi connectivity index (χ1n) is 6.06. The summed E-state index contributed by atoms with van der Waals surface area (Å²) >= 11 is 1.42. The number of carbonyl (C=O) groups is 1. The molecule has 1 saturated heterocycles. The van der Waals surface area contributed by atoms with E-state index in [-0.39, 0.29) is 16.9 Å². The number of hydrogen-bond acceptors (Lipinski definition) is 5. The second kappa shape index (κ2) is 6.38. The van der Waals surface area contributed by atoms with Crippen molar-refractivity contribution in [2.24, 2.45) is 10.2 Å².